The second-order valence-electron chi connectivity index (χ2n) is 10.0. The lowest BCUT2D eigenvalue weighted by Crippen LogP contribution is -2.46. The third kappa shape index (κ3) is 5.83. The molecule has 3 rings (SSSR count). The number of ether oxygens (including phenoxy) is 1. The highest BCUT2D eigenvalue weighted by atomic mass is 16.5. The summed E-state index contributed by atoms with van der Waals surface area (Å²) < 4.78 is 5.96. The van der Waals surface area contributed by atoms with Crippen LogP contribution >= 0.6 is 0 Å². The summed E-state index contributed by atoms with van der Waals surface area (Å²) in [5, 5.41) is 9.81. The lowest BCUT2D eigenvalue weighted by atomic mass is 9.67. The number of hydrogen-bond donors (Lipinski definition) is 1. The Kier molecular flexibility index (Phi) is 8.83. The number of likely N-dealkylation sites (tertiary alicyclic amines) is 1. The number of carbonyl (C=O) groups is 1. The molecule has 1 aliphatic heterocycles. The number of carboxylic acid groups (broad SMARTS) is 1. The van der Waals surface area contributed by atoms with E-state index in [0.29, 0.717) is 11.8 Å². The first-order chi connectivity index (χ1) is 15.0. The number of carboxylic acids is 1. The first kappa shape index (κ1) is 24.1. The minimum atomic E-state index is -0.653. The van der Waals surface area contributed by atoms with Gasteiger partial charge in [0.15, 0.2) is 0 Å². The van der Waals surface area contributed by atoms with Gasteiger partial charge in [-0.25, -0.2) is 0 Å². The number of nitrogens with zero attached hydrogens (tertiary/aromatic N) is 1. The Bertz CT molecular complexity index is 705. The van der Waals surface area contributed by atoms with Crippen LogP contribution in [-0.4, -0.2) is 41.7 Å². The van der Waals surface area contributed by atoms with Crippen molar-refractivity contribution in [2.45, 2.75) is 96.4 Å². The van der Waals surface area contributed by atoms with Crippen LogP contribution in [0.3, 0.4) is 0 Å². The minimum absolute atomic E-state index is 0.0927. The van der Waals surface area contributed by atoms with Crippen LogP contribution in [0.15, 0.2) is 24.3 Å². The van der Waals surface area contributed by atoms with Crippen LogP contribution in [0.2, 0.25) is 0 Å². The average molecular weight is 430 g/mol. The van der Waals surface area contributed by atoms with E-state index in [0.717, 1.165) is 51.1 Å². The van der Waals surface area contributed by atoms with Crippen molar-refractivity contribution in [2.75, 3.05) is 19.7 Å². The molecule has 4 unspecified atom stereocenters. The Morgan fingerprint density at radius 1 is 1.23 bits per heavy atom. The molecule has 0 bridgehead atoms. The van der Waals surface area contributed by atoms with Gasteiger partial charge in [0.1, 0.15) is 5.75 Å². The van der Waals surface area contributed by atoms with Crippen molar-refractivity contribution in [3.63, 3.8) is 0 Å². The van der Waals surface area contributed by atoms with Gasteiger partial charge >= 0.3 is 5.97 Å². The van der Waals surface area contributed by atoms with E-state index in [2.05, 4.69) is 49.9 Å². The van der Waals surface area contributed by atoms with Crippen LogP contribution in [0, 0.1) is 11.8 Å². The van der Waals surface area contributed by atoms with Gasteiger partial charge in [0.2, 0.25) is 0 Å². The number of hydrogen-bond acceptors (Lipinski definition) is 3. The van der Waals surface area contributed by atoms with Gasteiger partial charge in [-0.05, 0) is 86.6 Å². The van der Waals surface area contributed by atoms with Crippen LogP contribution in [0.5, 0.6) is 5.75 Å². The molecule has 2 aliphatic rings. The highest BCUT2D eigenvalue weighted by Gasteiger charge is 2.50. The molecule has 4 heteroatoms. The average Bonchev–Trinajstić information content (AvgIpc) is 3.12. The summed E-state index contributed by atoms with van der Waals surface area (Å²) in [4.78, 5) is 14.5. The van der Waals surface area contributed by atoms with Crippen molar-refractivity contribution in [2.24, 2.45) is 11.8 Å². The highest BCUT2D eigenvalue weighted by Crippen LogP contribution is 2.53. The maximum atomic E-state index is 11.9. The molecule has 0 amide bonds. The smallest absolute Gasteiger partial charge is 0.304 e. The van der Waals surface area contributed by atoms with Gasteiger partial charge in [0.25, 0.3) is 0 Å². The van der Waals surface area contributed by atoms with Crippen LogP contribution in [0.1, 0.15) is 90.5 Å². The Labute approximate surface area is 189 Å². The van der Waals surface area contributed by atoms with Gasteiger partial charge in [-0.2, -0.15) is 0 Å². The first-order valence-electron chi connectivity index (χ1n) is 12.7. The number of aliphatic carboxylic acids is 1. The van der Waals surface area contributed by atoms with E-state index in [9.17, 15) is 9.90 Å². The molecule has 1 aromatic rings. The molecule has 31 heavy (non-hydrogen) atoms. The van der Waals surface area contributed by atoms with Crippen molar-refractivity contribution < 1.29 is 14.6 Å². The standard InChI is InChI=1S/C27H43NO3/c1-4-9-21(3)13-17-28-16-8-15-27(14-7-12-24(27)25(28)20-26(29)30)22-10-6-11-23(19-22)31-18-5-2/h6,10-11,19,21,24-25H,4-5,7-9,12-18,20H2,1-3H3,(H,29,30). The molecule has 1 saturated heterocycles. The molecule has 174 valence electrons. The molecule has 0 radical (unpaired) electrons. The molecule has 1 N–H and O–H groups in total. The van der Waals surface area contributed by atoms with Gasteiger partial charge in [0, 0.05) is 6.04 Å². The molecular formula is C27H43NO3. The SMILES string of the molecule is CCCOc1cccc(C23CCCC2C(CC(=O)O)N(CCC(C)CCC)CCC3)c1. The van der Waals surface area contributed by atoms with Crippen LogP contribution < -0.4 is 4.74 Å². The lowest BCUT2D eigenvalue weighted by molar-refractivity contribution is -0.139. The van der Waals surface area contributed by atoms with Gasteiger partial charge in [-0.15, -0.1) is 0 Å². The predicted molar refractivity (Wildman–Crippen MR) is 127 cm³/mol. The third-order valence-electron chi connectivity index (χ3n) is 7.81. The largest absolute Gasteiger partial charge is 0.494 e. The van der Waals surface area contributed by atoms with Gasteiger partial charge < -0.3 is 9.84 Å². The van der Waals surface area contributed by atoms with E-state index >= 15 is 0 Å². The molecule has 2 fully saturated rings. The zero-order valence-corrected chi connectivity index (χ0v) is 19.9. The maximum absolute atomic E-state index is 11.9. The van der Waals surface area contributed by atoms with Crippen molar-refractivity contribution in [1.29, 1.82) is 0 Å². The summed E-state index contributed by atoms with van der Waals surface area (Å²) in [5.74, 6) is 1.43. The van der Waals surface area contributed by atoms with E-state index in [1.165, 1.54) is 37.7 Å². The van der Waals surface area contributed by atoms with Crippen molar-refractivity contribution in [3.8, 4) is 5.75 Å². The number of fused-ring (bicyclic) bond motifs is 1. The zero-order valence-electron chi connectivity index (χ0n) is 19.9. The molecule has 1 heterocycles. The predicted octanol–water partition coefficient (Wildman–Crippen LogP) is 6.28. The summed E-state index contributed by atoms with van der Waals surface area (Å²) >= 11 is 0. The van der Waals surface area contributed by atoms with E-state index in [1.54, 1.807) is 0 Å². The molecule has 1 aliphatic carbocycles. The molecule has 0 spiro atoms. The summed E-state index contributed by atoms with van der Waals surface area (Å²) in [5.41, 5.74) is 1.47. The van der Waals surface area contributed by atoms with E-state index in [-0.39, 0.29) is 17.9 Å². The fraction of sp³-hybridized carbons (Fsp3) is 0.741. The van der Waals surface area contributed by atoms with Crippen molar-refractivity contribution in [1.82, 2.24) is 4.90 Å². The molecule has 4 atom stereocenters. The second kappa shape index (κ2) is 11.4. The second-order valence-corrected chi connectivity index (χ2v) is 10.0. The fourth-order valence-corrected chi connectivity index (χ4v) is 6.36. The lowest BCUT2D eigenvalue weighted by Gasteiger charge is -2.41. The highest BCUT2D eigenvalue weighted by molar-refractivity contribution is 5.67. The van der Waals surface area contributed by atoms with Crippen LogP contribution in [0.25, 0.3) is 0 Å². The van der Waals surface area contributed by atoms with Crippen LogP contribution in [0.4, 0.5) is 0 Å². The van der Waals surface area contributed by atoms with Gasteiger partial charge in [-0.1, -0.05) is 52.2 Å². The van der Waals surface area contributed by atoms with E-state index in [4.69, 9.17) is 4.74 Å². The molecule has 0 aromatic heterocycles. The monoisotopic (exact) mass is 429 g/mol. The summed E-state index contributed by atoms with van der Waals surface area (Å²) in [6.45, 7) is 9.53. The first-order valence-corrected chi connectivity index (χ1v) is 12.7. The summed E-state index contributed by atoms with van der Waals surface area (Å²) in [7, 11) is 0. The Morgan fingerprint density at radius 2 is 2.03 bits per heavy atom. The van der Waals surface area contributed by atoms with Gasteiger partial charge in [-0.3, -0.25) is 9.69 Å². The molecule has 4 nitrogen and oxygen atoms in total. The summed E-state index contributed by atoms with van der Waals surface area (Å²) in [6.07, 6.45) is 10.7. The quantitative estimate of drug-likeness (QED) is 0.450. The molecule has 1 aromatic carbocycles. The summed E-state index contributed by atoms with van der Waals surface area (Å²) in [6, 6.07) is 8.86. The normalized spacial score (nSPS) is 27.5. The third-order valence-corrected chi connectivity index (χ3v) is 7.81. The topological polar surface area (TPSA) is 49.8 Å². The Balaban J connectivity index is 1.87. The Hall–Kier alpha value is -1.55. The fourth-order valence-electron chi connectivity index (χ4n) is 6.36. The van der Waals surface area contributed by atoms with Crippen LogP contribution in [-0.2, 0) is 10.2 Å². The Morgan fingerprint density at radius 3 is 2.77 bits per heavy atom. The minimum Gasteiger partial charge on any atom is -0.494 e. The number of rotatable bonds is 11. The molecular weight excluding hydrogens is 386 g/mol. The van der Waals surface area contributed by atoms with Gasteiger partial charge in [0.05, 0.1) is 13.0 Å². The number of benzene rings is 1. The van der Waals surface area contributed by atoms with Crippen molar-refractivity contribution in [3.05, 3.63) is 29.8 Å². The van der Waals surface area contributed by atoms with Crippen molar-refractivity contribution >= 4 is 5.97 Å². The van der Waals surface area contributed by atoms with E-state index in [1.807, 2.05) is 0 Å². The zero-order chi connectivity index (χ0) is 22.3. The molecule has 1 saturated carbocycles. The maximum Gasteiger partial charge on any atom is 0.304 e. The van der Waals surface area contributed by atoms with E-state index < -0.39 is 5.97 Å².